The monoisotopic (exact) mass is 761 g/mol. The second-order valence-electron chi connectivity index (χ2n) is 20.8. The summed E-state index contributed by atoms with van der Waals surface area (Å²) in [6.07, 6.45) is 9.82. The summed E-state index contributed by atoms with van der Waals surface area (Å²) in [6, 6.07) is 6.99. The zero-order valence-electron chi connectivity index (χ0n) is 34.2. The van der Waals surface area contributed by atoms with Gasteiger partial charge >= 0.3 is 11.9 Å². The number of carbonyl (C=O) groups is 4. The van der Waals surface area contributed by atoms with E-state index in [2.05, 4.69) is 53.8 Å². The van der Waals surface area contributed by atoms with E-state index in [4.69, 9.17) is 16.3 Å². The normalized spacial score (nSPS) is 40.5. The number of hydrogen-bond acceptors (Lipinski definition) is 5. The van der Waals surface area contributed by atoms with E-state index in [1.54, 1.807) is 24.3 Å². The van der Waals surface area contributed by atoms with Gasteiger partial charge in [0.2, 0.25) is 0 Å². The van der Waals surface area contributed by atoms with Crippen molar-refractivity contribution in [2.24, 2.45) is 68.0 Å². The van der Waals surface area contributed by atoms with Crippen molar-refractivity contribution in [3.8, 4) is 0 Å². The Morgan fingerprint density at radius 3 is 2.17 bits per heavy atom. The maximum Gasteiger partial charge on any atom is 0.309 e. The first-order chi connectivity index (χ1) is 25.1. The summed E-state index contributed by atoms with van der Waals surface area (Å²) in [7, 11) is 0. The molecule has 8 heteroatoms. The van der Waals surface area contributed by atoms with Crippen molar-refractivity contribution in [2.45, 2.75) is 139 Å². The minimum absolute atomic E-state index is 0.0456. The summed E-state index contributed by atoms with van der Waals surface area (Å²) in [5.41, 5.74) is 2.33. The molecule has 6 aliphatic rings. The van der Waals surface area contributed by atoms with E-state index in [0.717, 1.165) is 63.4 Å². The van der Waals surface area contributed by atoms with Crippen LogP contribution in [-0.2, 0) is 19.1 Å². The fraction of sp³-hybridized carbons (Fsp3) is 0.739. The number of carboxylic acids is 1. The number of Topliss-reactive ketones (excluding diaryl/α,β-unsaturated/α-hetero) is 1. The van der Waals surface area contributed by atoms with Crippen LogP contribution in [0.4, 0.5) is 0 Å². The molecular weight excluding hydrogens is 698 g/mol. The van der Waals surface area contributed by atoms with E-state index >= 15 is 0 Å². The lowest BCUT2D eigenvalue weighted by Crippen LogP contribution is -2.66. The minimum Gasteiger partial charge on any atom is -0.481 e. The van der Waals surface area contributed by atoms with Crippen molar-refractivity contribution < 1.29 is 29.0 Å². The van der Waals surface area contributed by atoms with E-state index in [9.17, 15) is 24.3 Å². The Bertz CT molecular complexity index is 1760. The molecule has 1 aromatic rings. The third-order valence-electron chi connectivity index (χ3n) is 17.6. The highest BCUT2D eigenvalue weighted by Gasteiger charge is 2.70. The van der Waals surface area contributed by atoms with Gasteiger partial charge in [0.15, 0.2) is 5.78 Å². The first kappa shape index (κ1) is 39.6. The van der Waals surface area contributed by atoms with Crippen LogP contribution in [0.15, 0.2) is 35.4 Å². The van der Waals surface area contributed by atoms with E-state index in [1.165, 1.54) is 5.57 Å². The molecule has 1 amide bonds. The predicted octanol–water partition coefficient (Wildman–Crippen LogP) is 10.1. The van der Waals surface area contributed by atoms with Gasteiger partial charge in [-0.15, -0.1) is 0 Å². The van der Waals surface area contributed by atoms with Crippen molar-refractivity contribution in [2.75, 3.05) is 6.54 Å². The summed E-state index contributed by atoms with van der Waals surface area (Å²) in [5, 5.41) is 13.4. The van der Waals surface area contributed by atoms with Crippen LogP contribution >= 0.6 is 11.6 Å². The van der Waals surface area contributed by atoms with Crippen LogP contribution in [0.1, 0.15) is 143 Å². The average molecular weight is 762 g/mol. The van der Waals surface area contributed by atoms with E-state index < -0.39 is 17.3 Å². The topological polar surface area (TPSA) is 110 Å². The van der Waals surface area contributed by atoms with Crippen LogP contribution in [0.25, 0.3) is 0 Å². The summed E-state index contributed by atoms with van der Waals surface area (Å²) in [6.45, 7) is 21.0. The van der Waals surface area contributed by atoms with Crippen LogP contribution in [-0.4, -0.2) is 41.4 Å². The fourth-order valence-electron chi connectivity index (χ4n) is 14.3. The third-order valence-corrected chi connectivity index (χ3v) is 17.9. The maximum atomic E-state index is 14.0. The summed E-state index contributed by atoms with van der Waals surface area (Å²) in [5.74, 6) is -0.289. The third kappa shape index (κ3) is 5.69. The van der Waals surface area contributed by atoms with Crippen molar-refractivity contribution in [1.82, 2.24) is 5.32 Å². The Balaban J connectivity index is 1.12. The number of halogens is 1. The molecule has 7 nitrogen and oxygen atoms in total. The van der Waals surface area contributed by atoms with Gasteiger partial charge in [-0.2, -0.15) is 0 Å². The van der Waals surface area contributed by atoms with Gasteiger partial charge in [-0.05, 0) is 139 Å². The van der Waals surface area contributed by atoms with Crippen molar-refractivity contribution >= 4 is 35.2 Å². The lowest BCUT2D eigenvalue weighted by Gasteiger charge is -2.72. The average Bonchev–Trinajstić information content (AvgIpc) is 3.38. The molecule has 6 aliphatic carbocycles. The lowest BCUT2D eigenvalue weighted by atomic mass is 9.33. The zero-order chi connectivity index (χ0) is 39.4. The molecule has 10 atom stereocenters. The van der Waals surface area contributed by atoms with Crippen LogP contribution in [0, 0.1) is 68.0 Å². The number of ketones is 1. The van der Waals surface area contributed by atoms with Crippen LogP contribution < -0.4 is 5.32 Å². The van der Waals surface area contributed by atoms with Crippen LogP contribution in [0.5, 0.6) is 0 Å². The molecule has 5 saturated carbocycles. The zero-order valence-corrected chi connectivity index (χ0v) is 35.0. The fourth-order valence-corrected chi connectivity index (χ4v) is 14.4. The highest BCUT2D eigenvalue weighted by atomic mass is 35.5. The Hall–Kier alpha value is -2.67. The molecule has 0 heterocycles. The number of aliphatic carboxylic acids is 1. The Morgan fingerprint density at radius 1 is 0.852 bits per heavy atom. The molecule has 1 aromatic carbocycles. The molecule has 0 saturated heterocycles. The number of allylic oxidation sites excluding steroid dienone is 2. The van der Waals surface area contributed by atoms with Gasteiger partial charge in [0.05, 0.1) is 11.8 Å². The lowest BCUT2D eigenvalue weighted by molar-refractivity contribution is -0.236. The van der Waals surface area contributed by atoms with Gasteiger partial charge in [0.25, 0.3) is 5.91 Å². The molecule has 5 fully saturated rings. The van der Waals surface area contributed by atoms with E-state index in [1.807, 2.05) is 13.8 Å². The first-order valence-electron chi connectivity index (χ1n) is 20.9. The molecular formula is C46H64ClNO6. The molecule has 54 heavy (non-hydrogen) atoms. The molecule has 0 aliphatic heterocycles. The van der Waals surface area contributed by atoms with E-state index in [0.29, 0.717) is 53.5 Å². The number of rotatable bonds is 8. The van der Waals surface area contributed by atoms with Gasteiger partial charge < -0.3 is 15.2 Å². The molecule has 296 valence electrons. The molecule has 0 bridgehead atoms. The summed E-state index contributed by atoms with van der Waals surface area (Å²) >= 11 is 6.07. The smallest absolute Gasteiger partial charge is 0.309 e. The van der Waals surface area contributed by atoms with Crippen molar-refractivity contribution in [1.29, 1.82) is 0 Å². The number of benzene rings is 1. The number of fused-ring (bicyclic) bond motifs is 7. The minimum atomic E-state index is -0.829. The molecule has 0 unspecified atom stereocenters. The Morgan fingerprint density at radius 2 is 1.54 bits per heavy atom. The summed E-state index contributed by atoms with van der Waals surface area (Å²) in [4.78, 5) is 52.5. The van der Waals surface area contributed by atoms with Crippen LogP contribution in [0.3, 0.4) is 0 Å². The van der Waals surface area contributed by atoms with Crippen LogP contribution in [0.2, 0.25) is 5.02 Å². The maximum absolute atomic E-state index is 14.0. The number of esters is 1. The second-order valence-corrected chi connectivity index (χ2v) is 21.2. The standard InChI is InChI=1S/C46H64ClNO6/c1-26(2)36-32(49)25-46(22-23-48-38(50)27-10-12-28(47)13-11-27)21-20-44(8)29(37(36)46)14-15-34-43(7)18-17-35(42(5,6)33(43)16-19-45(34,44)9)54-40(53)31-24-30(39(51)52)41(31,3)4/h10-13,26,29-31,33-35H,14-25H2,1-9H3,(H,48,50)(H,51,52)/t29-,30-,31+,33+,34-,35+,43+,44-,45-,46-/m1/s1. The van der Waals surface area contributed by atoms with Crippen molar-refractivity contribution in [3.05, 3.63) is 46.0 Å². The van der Waals surface area contributed by atoms with Gasteiger partial charge in [-0.25, -0.2) is 0 Å². The highest BCUT2D eigenvalue weighted by molar-refractivity contribution is 6.30. The molecule has 0 radical (unpaired) electrons. The molecule has 0 aromatic heterocycles. The first-order valence-corrected chi connectivity index (χ1v) is 21.3. The van der Waals surface area contributed by atoms with Gasteiger partial charge in [-0.1, -0.05) is 79.5 Å². The number of ether oxygens (including phenoxy) is 1. The van der Waals surface area contributed by atoms with Crippen molar-refractivity contribution in [3.63, 3.8) is 0 Å². The Kier molecular flexibility index (Phi) is 9.67. The van der Waals surface area contributed by atoms with Gasteiger partial charge in [0, 0.05) is 34.4 Å². The number of carboxylic acid groups (broad SMARTS) is 1. The summed E-state index contributed by atoms with van der Waals surface area (Å²) < 4.78 is 6.41. The second kappa shape index (κ2) is 13.2. The quantitative estimate of drug-likeness (QED) is 0.255. The largest absolute Gasteiger partial charge is 0.481 e. The SMILES string of the molecule is CC(C)C1=C2[C@H]3CC[C@@H]4[C@@]5(C)CC[C@H](OC(=O)[C@@H]6C[C@H](C(=O)O)C6(C)C)C(C)(C)[C@@H]5CC[C@@]4(C)[C@]3(C)CC[C@@]2(CCNC(=O)c2ccc(Cl)cc2)CC1=O. The molecule has 7 rings (SSSR count). The van der Waals surface area contributed by atoms with Gasteiger partial charge in [0.1, 0.15) is 6.10 Å². The highest BCUT2D eigenvalue weighted by Crippen LogP contribution is 2.77. The molecule has 2 N–H and O–H groups in total. The molecule has 0 spiro atoms. The number of hydrogen-bond donors (Lipinski definition) is 2. The predicted molar refractivity (Wildman–Crippen MR) is 211 cm³/mol. The number of nitrogens with one attached hydrogen (secondary N) is 1. The number of amides is 1. The number of carbonyl (C=O) groups excluding carboxylic acids is 3. The Labute approximate surface area is 328 Å². The van der Waals surface area contributed by atoms with E-state index in [-0.39, 0.29) is 56.9 Å². The van der Waals surface area contributed by atoms with Gasteiger partial charge in [-0.3, -0.25) is 19.2 Å².